The first-order chi connectivity index (χ1) is 15.6. The van der Waals surface area contributed by atoms with Crippen LogP contribution in [0.15, 0.2) is 24.3 Å². The summed E-state index contributed by atoms with van der Waals surface area (Å²) in [4.78, 5) is 36.4. The summed E-state index contributed by atoms with van der Waals surface area (Å²) in [7, 11) is 0. The zero-order valence-electron chi connectivity index (χ0n) is 20.0. The summed E-state index contributed by atoms with van der Waals surface area (Å²) >= 11 is 0. The number of hydrogen-bond acceptors (Lipinski definition) is 4. The minimum absolute atomic E-state index is 0.155. The van der Waals surface area contributed by atoms with Gasteiger partial charge in [0.05, 0.1) is 0 Å². The van der Waals surface area contributed by atoms with Crippen LogP contribution < -0.4 is 16.0 Å². The predicted molar refractivity (Wildman–Crippen MR) is 126 cm³/mol. The van der Waals surface area contributed by atoms with Crippen molar-refractivity contribution in [3.05, 3.63) is 29.8 Å². The van der Waals surface area contributed by atoms with E-state index in [-0.39, 0.29) is 23.8 Å². The molecule has 1 aromatic carbocycles. The first kappa shape index (κ1) is 23.6. The Morgan fingerprint density at radius 3 is 2.03 bits per heavy atom. The smallest absolute Gasteiger partial charge is 0.408 e. The highest BCUT2D eigenvalue weighted by Gasteiger charge is 2.51. The first-order valence-corrected chi connectivity index (χ1v) is 12.2. The number of carbonyl (C=O) groups is 3. The molecular weight excluding hydrogens is 418 g/mol. The first-order valence-electron chi connectivity index (χ1n) is 12.2. The topological polar surface area (TPSA) is 96.5 Å². The van der Waals surface area contributed by atoms with E-state index in [2.05, 4.69) is 16.0 Å². The Labute approximate surface area is 196 Å². The maximum Gasteiger partial charge on any atom is 0.408 e. The molecule has 0 radical (unpaired) electrons. The van der Waals surface area contributed by atoms with Crippen molar-refractivity contribution in [1.82, 2.24) is 10.6 Å². The van der Waals surface area contributed by atoms with Gasteiger partial charge in [-0.05, 0) is 100 Å². The summed E-state index contributed by atoms with van der Waals surface area (Å²) in [5.74, 6) is 2.38. The van der Waals surface area contributed by atoms with Crippen LogP contribution in [-0.2, 0) is 20.9 Å². The van der Waals surface area contributed by atoms with E-state index in [1.54, 1.807) is 32.9 Å². The summed E-state index contributed by atoms with van der Waals surface area (Å²) in [6, 6.07) is 7.38. The Morgan fingerprint density at radius 2 is 1.48 bits per heavy atom. The molecule has 0 heterocycles. The van der Waals surface area contributed by atoms with Crippen molar-refractivity contribution in [3.63, 3.8) is 0 Å². The number of benzene rings is 1. The lowest BCUT2D eigenvalue weighted by Gasteiger charge is -2.56. The van der Waals surface area contributed by atoms with E-state index in [9.17, 15) is 14.4 Å². The van der Waals surface area contributed by atoms with Crippen molar-refractivity contribution < 1.29 is 19.1 Å². The minimum atomic E-state index is -0.628. The molecule has 3 amide bonds. The zero-order chi connectivity index (χ0) is 23.6. The predicted octanol–water partition coefficient (Wildman–Crippen LogP) is 4.37. The van der Waals surface area contributed by atoms with Gasteiger partial charge in [-0.3, -0.25) is 9.59 Å². The van der Waals surface area contributed by atoms with Crippen molar-refractivity contribution >= 4 is 23.6 Å². The second-order valence-electron chi connectivity index (χ2n) is 11.5. The van der Waals surface area contributed by atoms with E-state index in [1.165, 1.54) is 38.5 Å². The molecule has 0 spiro atoms. The summed E-state index contributed by atoms with van der Waals surface area (Å²) < 4.78 is 5.11. The number of hydrogen-bond donors (Lipinski definition) is 3. The molecule has 4 bridgehead atoms. The van der Waals surface area contributed by atoms with Gasteiger partial charge >= 0.3 is 6.09 Å². The van der Waals surface area contributed by atoms with Crippen LogP contribution in [0.1, 0.15) is 71.3 Å². The maximum absolute atomic E-state index is 12.7. The van der Waals surface area contributed by atoms with Gasteiger partial charge in [0.2, 0.25) is 11.8 Å². The second-order valence-corrected chi connectivity index (χ2v) is 11.5. The fraction of sp³-hybridized carbons (Fsp3) is 0.654. The average Bonchev–Trinajstić information content (AvgIpc) is 2.69. The molecule has 7 nitrogen and oxygen atoms in total. The lowest BCUT2D eigenvalue weighted by molar-refractivity contribution is -0.129. The SMILES string of the molecule is CC(C)(C)OC(=O)NCC(=O)Nc1ccc(CNC(=O)CC23CC4CC(CC(C4)C2)C3)cc1. The van der Waals surface area contributed by atoms with Crippen molar-refractivity contribution in [1.29, 1.82) is 0 Å². The van der Waals surface area contributed by atoms with E-state index < -0.39 is 11.7 Å². The molecular formula is C26H37N3O4. The van der Waals surface area contributed by atoms with Gasteiger partial charge in [-0.25, -0.2) is 4.79 Å². The van der Waals surface area contributed by atoms with Crippen LogP contribution in [0, 0.1) is 23.2 Å². The van der Waals surface area contributed by atoms with Gasteiger partial charge < -0.3 is 20.7 Å². The fourth-order valence-electron chi connectivity index (χ4n) is 6.49. The molecule has 0 atom stereocenters. The van der Waals surface area contributed by atoms with Crippen molar-refractivity contribution in [2.75, 3.05) is 11.9 Å². The average molecular weight is 456 g/mol. The number of nitrogens with one attached hydrogen (secondary N) is 3. The van der Waals surface area contributed by atoms with E-state index in [1.807, 2.05) is 12.1 Å². The minimum Gasteiger partial charge on any atom is -0.444 e. The molecule has 180 valence electrons. The Bertz CT molecular complexity index is 853. The molecule has 7 heteroatoms. The van der Waals surface area contributed by atoms with E-state index in [0.29, 0.717) is 18.7 Å². The van der Waals surface area contributed by atoms with Gasteiger partial charge in [0, 0.05) is 18.7 Å². The maximum atomic E-state index is 12.7. The Hall–Kier alpha value is -2.57. The lowest BCUT2D eigenvalue weighted by atomic mass is 9.49. The number of alkyl carbamates (subject to hydrolysis) is 1. The van der Waals surface area contributed by atoms with Gasteiger partial charge in [0.15, 0.2) is 0 Å². The van der Waals surface area contributed by atoms with E-state index in [4.69, 9.17) is 4.74 Å². The Balaban J connectivity index is 1.19. The second kappa shape index (κ2) is 9.35. The van der Waals surface area contributed by atoms with Crippen LogP contribution >= 0.6 is 0 Å². The Morgan fingerprint density at radius 1 is 0.909 bits per heavy atom. The number of rotatable bonds is 7. The fourth-order valence-corrected chi connectivity index (χ4v) is 6.49. The van der Waals surface area contributed by atoms with Crippen LogP contribution in [0.5, 0.6) is 0 Å². The van der Waals surface area contributed by atoms with Gasteiger partial charge in [-0.1, -0.05) is 12.1 Å². The molecule has 5 rings (SSSR count). The van der Waals surface area contributed by atoms with Gasteiger partial charge in [0.25, 0.3) is 0 Å². The molecule has 33 heavy (non-hydrogen) atoms. The van der Waals surface area contributed by atoms with E-state index >= 15 is 0 Å². The van der Waals surface area contributed by atoms with Crippen LogP contribution in [-0.4, -0.2) is 30.1 Å². The molecule has 4 fully saturated rings. The quantitative estimate of drug-likeness (QED) is 0.569. The standard InChI is InChI=1S/C26H37N3O4/c1-25(2,3)33-24(32)28-16-23(31)29-21-6-4-17(5-7-21)15-27-22(30)14-26-11-18-8-19(12-26)10-20(9-18)13-26/h4-7,18-20H,8-16H2,1-3H3,(H,27,30)(H,28,32)(H,29,31). The lowest BCUT2D eigenvalue weighted by Crippen LogP contribution is -2.47. The van der Waals surface area contributed by atoms with Crippen LogP contribution in [0.3, 0.4) is 0 Å². The highest BCUT2D eigenvalue weighted by Crippen LogP contribution is 2.61. The Kier molecular flexibility index (Phi) is 6.68. The highest BCUT2D eigenvalue weighted by atomic mass is 16.6. The number of carbonyl (C=O) groups excluding carboxylic acids is 3. The third kappa shape index (κ3) is 6.49. The molecule has 3 N–H and O–H groups in total. The summed E-state index contributed by atoms with van der Waals surface area (Å²) in [6.07, 6.45) is 7.92. The third-order valence-corrected chi connectivity index (χ3v) is 7.22. The molecule has 4 aliphatic rings. The summed E-state index contributed by atoms with van der Waals surface area (Å²) in [5, 5.41) is 8.28. The van der Waals surface area contributed by atoms with Crippen LogP contribution in [0.2, 0.25) is 0 Å². The number of amides is 3. The largest absolute Gasteiger partial charge is 0.444 e. The summed E-state index contributed by atoms with van der Waals surface area (Å²) in [5.41, 5.74) is 1.26. The van der Waals surface area contributed by atoms with Crippen LogP contribution in [0.25, 0.3) is 0 Å². The van der Waals surface area contributed by atoms with E-state index in [0.717, 1.165) is 23.3 Å². The highest BCUT2D eigenvalue weighted by molar-refractivity contribution is 5.93. The molecule has 0 unspecified atom stereocenters. The summed E-state index contributed by atoms with van der Waals surface area (Å²) in [6.45, 7) is 5.61. The molecule has 0 aliphatic heterocycles. The van der Waals surface area contributed by atoms with Crippen LogP contribution in [0.4, 0.5) is 10.5 Å². The van der Waals surface area contributed by atoms with Crippen molar-refractivity contribution in [2.24, 2.45) is 23.2 Å². The van der Waals surface area contributed by atoms with Crippen molar-refractivity contribution in [2.45, 2.75) is 77.9 Å². The molecule has 4 saturated carbocycles. The van der Waals surface area contributed by atoms with Gasteiger partial charge in [-0.15, -0.1) is 0 Å². The molecule has 0 saturated heterocycles. The van der Waals surface area contributed by atoms with Crippen molar-refractivity contribution in [3.8, 4) is 0 Å². The zero-order valence-corrected chi connectivity index (χ0v) is 20.0. The van der Waals surface area contributed by atoms with Gasteiger partial charge in [-0.2, -0.15) is 0 Å². The molecule has 4 aliphatic carbocycles. The molecule has 0 aromatic heterocycles. The third-order valence-electron chi connectivity index (χ3n) is 7.22. The molecule has 1 aromatic rings. The number of anilines is 1. The van der Waals surface area contributed by atoms with Gasteiger partial charge in [0.1, 0.15) is 12.1 Å². The normalized spacial score (nSPS) is 27.7. The monoisotopic (exact) mass is 455 g/mol. The number of ether oxygens (including phenoxy) is 1.